The van der Waals surface area contributed by atoms with Crippen LogP contribution in [0.4, 0.5) is 0 Å². The highest BCUT2D eigenvalue weighted by Gasteiger charge is 2.38. The fraction of sp³-hybridized carbons (Fsp3) is 0.778. The lowest BCUT2D eigenvalue weighted by molar-refractivity contribution is -0.129. The zero-order chi connectivity index (χ0) is 17.6. The van der Waals surface area contributed by atoms with E-state index in [-0.39, 0.29) is 23.8 Å². The van der Waals surface area contributed by atoms with Crippen molar-refractivity contribution in [2.75, 3.05) is 13.1 Å². The molecular weight excluding hydrogens is 318 g/mol. The molecule has 25 heavy (non-hydrogen) atoms. The zero-order valence-corrected chi connectivity index (χ0v) is 15.1. The minimum Gasteiger partial charge on any atom is -0.351 e. The number of likely N-dealkylation sites (tertiary alicyclic amines) is 1. The van der Waals surface area contributed by atoms with Crippen molar-refractivity contribution in [2.24, 2.45) is 11.8 Å². The number of aryl methyl sites for hydroxylation is 1. The van der Waals surface area contributed by atoms with E-state index in [2.05, 4.69) is 33.9 Å². The molecule has 0 spiro atoms. The van der Waals surface area contributed by atoms with Crippen LogP contribution in [-0.4, -0.2) is 50.6 Å². The van der Waals surface area contributed by atoms with E-state index in [9.17, 15) is 9.59 Å². The van der Waals surface area contributed by atoms with Crippen LogP contribution in [0, 0.1) is 11.8 Å². The largest absolute Gasteiger partial charge is 0.351 e. The number of nitrogens with one attached hydrogen (secondary N) is 1. The van der Waals surface area contributed by atoms with Gasteiger partial charge in [0.2, 0.25) is 11.8 Å². The lowest BCUT2D eigenvalue weighted by atomic mass is 10.0. The van der Waals surface area contributed by atoms with Crippen molar-refractivity contribution in [3.63, 3.8) is 0 Å². The third-order valence-corrected chi connectivity index (χ3v) is 5.60. The maximum absolute atomic E-state index is 12.6. The molecular formula is C18H27N5O2. The number of rotatable bonds is 5. The molecule has 1 aromatic heterocycles. The number of aromatic nitrogens is 3. The zero-order valence-electron chi connectivity index (χ0n) is 15.1. The van der Waals surface area contributed by atoms with Crippen molar-refractivity contribution in [1.29, 1.82) is 0 Å². The number of amides is 2. The molecule has 0 bridgehead atoms. The fourth-order valence-electron chi connectivity index (χ4n) is 3.95. The van der Waals surface area contributed by atoms with E-state index >= 15 is 0 Å². The minimum atomic E-state index is -0.196. The highest BCUT2D eigenvalue weighted by molar-refractivity contribution is 5.89. The van der Waals surface area contributed by atoms with Crippen molar-refractivity contribution >= 4 is 11.8 Å². The molecule has 7 heteroatoms. The standard InChI is InChI=1S/C18H27N5O2/c1-11(2)17-21-20-15-6-5-14(10-23(15)17)19-18(25)13-7-16(24)22(9-13)8-12-3-4-12/h11-14H,3-10H2,1-2H3,(H,19,25)/t13-,14-/m1/s1. The summed E-state index contributed by atoms with van der Waals surface area (Å²) in [6.45, 7) is 6.38. The van der Waals surface area contributed by atoms with Gasteiger partial charge in [-0.1, -0.05) is 13.8 Å². The van der Waals surface area contributed by atoms with Gasteiger partial charge in [-0.25, -0.2) is 0 Å². The molecule has 0 unspecified atom stereocenters. The lowest BCUT2D eigenvalue weighted by Gasteiger charge is -2.27. The number of hydrogen-bond donors (Lipinski definition) is 1. The van der Waals surface area contributed by atoms with Crippen LogP contribution in [0.15, 0.2) is 0 Å². The molecule has 2 fully saturated rings. The molecule has 136 valence electrons. The molecule has 0 aromatic carbocycles. The van der Waals surface area contributed by atoms with Gasteiger partial charge in [-0.2, -0.15) is 0 Å². The van der Waals surface area contributed by atoms with Crippen LogP contribution in [0.2, 0.25) is 0 Å². The third kappa shape index (κ3) is 3.41. The number of carbonyl (C=O) groups is 2. The average Bonchev–Trinajstić information content (AvgIpc) is 3.16. The maximum atomic E-state index is 12.6. The van der Waals surface area contributed by atoms with Crippen LogP contribution in [0.25, 0.3) is 0 Å². The fourth-order valence-corrected chi connectivity index (χ4v) is 3.95. The van der Waals surface area contributed by atoms with Gasteiger partial charge in [-0.05, 0) is 25.2 Å². The Labute approximate surface area is 148 Å². The Bertz CT molecular complexity index is 679. The summed E-state index contributed by atoms with van der Waals surface area (Å²) in [5.41, 5.74) is 0. The SMILES string of the molecule is CC(C)c1nnc2n1C[C@H](NC(=O)[C@@H]1CC(=O)N(CC3CC3)C1)CC2. The third-order valence-electron chi connectivity index (χ3n) is 5.60. The quantitative estimate of drug-likeness (QED) is 0.866. The number of fused-ring (bicyclic) bond motifs is 1. The van der Waals surface area contributed by atoms with Gasteiger partial charge in [0, 0.05) is 44.4 Å². The molecule has 1 aromatic rings. The van der Waals surface area contributed by atoms with Crippen molar-refractivity contribution in [2.45, 2.75) is 64.5 Å². The molecule has 1 aliphatic carbocycles. The van der Waals surface area contributed by atoms with Gasteiger partial charge < -0.3 is 14.8 Å². The topological polar surface area (TPSA) is 80.1 Å². The van der Waals surface area contributed by atoms with Gasteiger partial charge in [0.25, 0.3) is 0 Å². The molecule has 2 aliphatic heterocycles. The Morgan fingerprint density at radius 2 is 2.04 bits per heavy atom. The Hall–Kier alpha value is -1.92. The van der Waals surface area contributed by atoms with Gasteiger partial charge >= 0.3 is 0 Å². The van der Waals surface area contributed by atoms with Crippen LogP contribution in [-0.2, 0) is 22.6 Å². The van der Waals surface area contributed by atoms with Crippen LogP contribution in [0.1, 0.15) is 57.1 Å². The summed E-state index contributed by atoms with van der Waals surface area (Å²) >= 11 is 0. The summed E-state index contributed by atoms with van der Waals surface area (Å²) in [7, 11) is 0. The van der Waals surface area contributed by atoms with E-state index < -0.39 is 0 Å². The number of hydrogen-bond acceptors (Lipinski definition) is 4. The molecule has 4 rings (SSSR count). The van der Waals surface area contributed by atoms with E-state index in [1.807, 2.05) is 4.90 Å². The van der Waals surface area contributed by atoms with Crippen molar-refractivity contribution in [3.05, 3.63) is 11.6 Å². The second kappa shape index (κ2) is 6.42. The molecule has 0 radical (unpaired) electrons. The average molecular weight is 345 g/mol. The number of nitrogens with zero attached hydrogens (tertiary/aromatic N) is 4. The highest BCUT2D eigenvalue weighted by atomic mass is 16.2. The summed E-state index contributed by atoms with van der Waals surface area (Å²) in [5.74, 6) is 2.96. The molecule has 3 aliphatic rings. The predicted octanol–water partition coefficient (Wildman–Crippen LogP) is 1.09. The summed E-state index contributed by atoms with van der Waals surface area (Å²) in [6.07, 6.45) is 4.53. The van der Waals surface area contributed by atoms with Gasteiger partial charge in [0.05, 0.1) is 5.92 Å². The maximum Gasteiger partial charge on any atom is 0.225 e. The summed E-state index contributed by atoms with van der Waals surface area (Å²) in [4.78, 5) is 26.6. The first-order valence-electron chi connectivity index (χ1n) is 9.51. The summed E-state index contributed by atoms with van der Waals surface area (Å²) < 4.78 is 2.15. The molecule has 2 atom stereocenters. The molecule has 3 heterocycles. The van der Waals surface area contributed by atoms with Crippen LogP contribution in [0.3, 0.4) is 0 Å². The summed E-state index contributed by atoms with van der Waals surface area (Å²) in [6, 6.07) is 0.0982. The minimum absolute atomic E-state index is 0.0271. The van der Waals surface area contributed by atoms with Crippen molar-refractivity contribution in [3.8, 4) is 0 Å². The Kier molecular flexibility index (Phi) is 4.25. The Morgan fingerprint density at radius 3 is 2.76 bits per heavy atom. The first-order valence-corrected chi connectivity index (χ1v) is 9.51. The van der Waals surface area contributed by atoms with Gasteiger partial charge in [-0.3, -0.25) is 9.59 Å². The number of carbonyl (C=O) groups excluding carboxylic acids is 2. The normalized spacial score (nSPS) is 26.2. The first kappa shape index (κ1) is 16.5. The molecule has 7 nitrogen and oxygen atoms in total. The van der Waals surface area contributed by atoms with Gasteiger partial charge in [0.15, 0.2) is 0 Å². The van der Waals surface area contributed by atoms with E-state index in [4.69, 9.17) is 0 Å². The van der Waals surface area contributed by atoms with E-state index in [0.717, 1.165) is 37.6 Å². The second-order valence-corrected chi connectivity index (χ2v) is 8.13. The lowest BCUT2D eigenvalue weighted by Crippen LogP contribution is -2.44. The van der Waals surface area contributed by atoms with Crippen molar-refractivity contribution in [1.82, 2.24) is 25.0 Å². The Balaban J connectivity index is 1.35. The van der Waals surface area contributed by atoms with Gasteiger partial charge in [0.1, 0.15) is 11.6 Å². The van der Waals surface area contributed by atoms with Crippen LogP contribution < -0.4 is 5.32 Å². The molecule has 2 amide bonds. The van der Waals surface area contributed by atoms with Gasteiger partial charge in [-0.15, -0.1) is 10.2 Å². The predicted molar refractivity (Wildman–Crippen MR) is 91.8 cm³/mol. The van der Waals surface area contributed by atoms with E-state index in [0.29, 0.717) is 24.8 Å². The van der Waals surface area contributed by atoms with Crippen molar-refractivity contribution < 1.29 is 9.59 Å². The monoisotopic (exact) mass is 345 g/mol. The molecule has 1 saturated heterocycles. The second-order valence-electron chi connectivity index (χ2n) is 8.13. The highest BCUT2D eigenvalue weighted by Crippen LogP contribution is 2.32. The van der Waals surface area contributed by atoms with E-state index in [1.54, 1.807) is 0 Å². The Morgan fingerprint density at radius 1 is 1.24 bits per heavy atom. The summed E-state index contributed by atoms with van der Waals surface area (Å²) in [5, 5.41) is 11.7. The first-order chi connectivity index (χ1) is 12.0. The van der Waals surface area contributed by atoms with E-state index in [1.165, 1.54) is 12.8 Å². The smallest absolute Gasteiger partial charge is 0.225 e. The molecule has 1 saturated carbocycles. The van der Waals surface area contributed by atoms with Crippen LogP contribution in [0.5, 0.6) is 0 Å². The van der Waals surface area contributed by atoms with Crippen LogP contribution >= 0.6 is 0 Å². The molecule has 1 N–H and O–H groups in total.